The van der Waals surface area contributed by atoms with Crippen LogP contribution in [0.5, 0.6) is 0 Å². The number of para-hydroxylation sites is 1. The number of aromatic nitrogens is 1. The molecule has 0 bridgehead atoms. The highest BCUT2D eigenvalue weighted by atomic mass is 16.6. The summed E-state index contributed by atoms with van der Waals surface area (Å²) in [5.41, 5.74) is 1.56. The van der Waals surface area contributed by atoms with Crippen molar-refractivity contribution in [1.29, 1.82) is 0 Å². The molecule has 0 saturated carbocycles. The molecule has 0 aliphatic carbocycles. The van der Waals surface area contributed by atoms with Crippen molar-refractivity contribution in [3.8, 4) is 0 Å². The van der Waals surface area contributed by atoms with E-state index in [1.54, 1.807) is 0 Å². The normalized spacial score (nSPS) is 12.8. The molecule has 2 rings (SSSR count). The lowest BCUT2D eigenvalue weighted by molar-refractivity contribution is -0.121. The van der Waals surface area contributed by atoms with Crippen molar-refractivity contribution in [2.75, 3.05) is 6.54 Å². The molecule has 1 unspecified atom stereocenters. The van der Waals surface area contributed by atoms with Crippen LogP contribution in [0.2, 0.25) is 0 Å². The molecular weight excluding hydrogens is 354 g/mol. The van der Waals surface area contributed by atoms with Crippen molar-refractivity contribution in [2.24, 2.45) is 13.0 Å². The predicted molar refractivity (Wildman–Crippen MR) is 112 cm³/mol. The van der Waals surface area contributed by atoms with Crippen molar-refractivity contribution in [3.05, 3.63) is 36.0 Å². The van der Waals surface area contributed by atoms with Crippen molar-refractivity contribution in [2.45, 2.75) is 59.1 Å². The number of benzene rings is 1. The van der Waals surface area contributed by atoms with Gasteiger partial charge in [0.2, 0.25) is 5.91 Å². The van der Waals surface area contributed by atoms with E-state index < -0.39 is 11.7 Å². The van der Waals surface area contributed by atoms with Gasteiger partial charge in [-0.05, 0) is 44.7 Å². The number of hydrogen-bond donors (Lipinski definition) is 2. The highest BCUT2D eigenvalue weighted by Crippen LogP contribution is 2.20. The molecule has 2 aromatic rings. The highest BCUT2D eigenvalue weighted by Gasteiger charge is 2.20. The Morgan fingerprint density at radius 2 is 1.86 bits per heavy atom. The van der Waals surface area contributed by atoms with E-state index in [0.717, 1.165) is 22.9 Å². The van der Waals surface area contributed by atoms with Gasteiger partial charge in [-0.15, -0.1) is 0 Å². The zero-order valence-corrected chi connectivity index (χ0v) is 17.8. The van der Waals surface area contributed by atoms with Crippen LogP contribution in [-0.2, 0) is 23.0 Å². The smallest absolute Gasteiger partial charge is 0.407 e. The summed E-state index contributed by atoms with van der Waals surface area (Å²) in [7, 11) is 1.98. The third-order valence-electron chi connectivity index (χ3n) is 4.34. The summed E-state index contributed by atoms with van der Waals surface area (Å²) >= 11 is 0. The number of aryl methyl sites for hydroxylation is 1. The molecular formula is C22H33N3O3. The Morgan fingerprint density at radius 1 is 1.18 bits per heavy atom. The molecule has 2 N–H and O–H groups in total. The largest absolute Gasteiger partial charge is 0.444 e. The fourth-order valence-electron chi connectivity index (χ4n) is 3.30. The lowest BCUT2D eigenvalue weighted by Crippen LogP contribution is -2.46. The maximum Gasteiger partial charge on any atom is 0.407 e. The molecule has 1 aromatic heterocycles. The molecule has 0 fully saturated rings. The fourth-order valence-corrected chi connectivity index (χ4v) is 3.30. The van der Waals surface area contributed by atoms with E-state index in [1.807, 2.05) is 62.8 Å². The number of carbonyl (C=O) groups is 2. The number of ether oxygens (including phenoxy) is 1. The van der Waals surface area contributed by atoms with Crippen LogP contribution in [0.25, 0.3) is 10.9 Å². The van der Waals surface area contributed by atoms with Crippen LogP contribution in [0.15, 0.2) is 30.5 Å². The molecule has 0 radical (unpaired) electrons. The highest BCUT2D eigenvalue weighted by molar-refractivity contribution is 5.89. The van der Waals surface area contributed by atoms with Gasteiger partial charge in [0.25, 0.3) is 0 Å². The second-order valence-corrected chi connectivity index (χ2v) is 8.74. The van der Waals surface area contributed by atoms with Crippen LogP contribution in [0, 0.1) is 5.92 Å². The average Bonchev–Trinajstić information content (AvgIpc) is 2.87. The number of fused-ring (bicyclic) bond motifs is 1. The Hall–Kier alpha value is -2.50. The second-order valence-electron chi connectivity index (χ2n) is 8.74. The zero-order chi connectivity index (χ0) is 20.9. The van der Waals surface area contributed by atoms with Crippen LogP contribution < -0.4 is 10.6 Å². The monoisotopic (exact) mass is 387 g/mol. The summed E-state index contributed by atoms with van der Waals surface area (Å²) < 4.78 is 7.31. The predicted octanol–water partition coefficient (Wildman–Crippen LogP) is 3.78. The first-order valence-corrected chi connectivity index (χ1v) is 9.84. The second kappa shape index (κ2) is 9.13. The Labute approximate surface area is 167 Å². The summed E-state index contributed by atoms with van der Waals surface area (Å²) in [6.45, 7) is 10.0. The lowest BCUT2D eigenvalue weighted by atomic mass is 10.0. The summed E-state index contributed by atoms with van der Waals surface area (Å²) in [5, 5.41) is 6.93. The number of rotatable bonds is 7. The molecule has 0 spiro atoms. The Bertz CT molecular complexity index is 818. The molecule has 0 aliphatic heterocycles. The van der Waals surface area contributed by atoms with Gasteiger partial charge >= 0.3 is 6.09 Å². The lowest BCUT2D eigenvalue weighted by Gasteiger charge is -2.23. The number of nitrogens with zero attached hydrogens (tertiary/aromatic N) is 1. The Morgan fingerprint density at radius 3 is 2.50 bits per heavy atom. The van der Waals surface area contributed by atoms with E-state index >= 15 is 0 Å². The quantitative estimate of drug-likeness (QED) is 0.759. The molecule has 0 saturated heterocycles. The van der Waals surface area contributed by atoms with E-state index in [4.69, 9.17) is 4.74 Å². The van der Waals surface area contributed by atoms with Gasteiger partial charge in [0.1, 0.15) is 5.60 Å². The molecule has 6 nitrogen and oxygen atoms in total. The molecule has 0 aliphatic rings. The molecule has 154 valence electrons. The minimum absolute atomic E-state index is 0.0482. The third-order valence-corrected chi connectivity index (χ3v) is 4.34. The van der Waals surface area contributed by atoms with Crippen molar-refractivity contribution in [3.63, 3.8) is 0 Å². The minimum Gasteiger partial charge on any atom is -0.444 e. The molecule has 6 heteroatoms. The van der Waals surface area contributed by atoms with E-state index in [2.05, 4.69) is 24.5 Å². The SMILES string of the molecule is CC(C)CC(CNC(=O)OC(C)(C)C)NC(=O)Cc1cn(C)c2ccccc12. The minimum atomic E-state index is -0.546. The molecule has 28 heavy (non-hydrogen) atoms. The summed E-state index contributed by atoms with van der Waals surface area (Å²) in [4.78, 5) is 24.6. The van der Waals surface area contributed by atoms with Crippen molar-refractivity contribution in [1.82, 2.24) is 15.2 Å². The van der Waals surface area contributed by atoms with Crippen LogP contribution >= 0.6 is 0 Å². The standard InChI is InChI=1S/C22H33N3O3/c1-15(2)11-17(13-23-21(27)28-22(3,4)5)24-20(26)12-16-14-25(6)19-10-8-7-9-18(16)19/h7-10,14-15,17H,11-13H2,1-6H3,(H,23,27)(H,24,26). The van der Waals surface area contributed by atoms with E-state index in [-0.39, 0.29) is 11.9 Å². The summed E-state index contributed by atoms with van der Waals surface area (Å²) in [6.07, 6.45) is 2.62. The van der Waals surface area contributed by atoms with Gasteiger partial charge in [-0.2, -0.15) is 0 Å². The van der Waals surface area contributed by atoms with E-state index in [1.165, 1.54) is 0 Å². The van der Waals surface area contributed by atoms with Gasteiger partial charge < -0.3 is 19.9 Å². The number of amides is 2. The van der Waals surface area contributed by atoms with Crippen LogP contribution in [-0.4, -0.2) is 34.8 Å². The van der Waals surface area contributed by atoms with Gasteiger partial charge in [-0.3, -0.25) is 4.79 Å². The third kappa shape index (κ3) is 6.59. The van der Waals surface area contributed by atoms with Gasteiger partial charge in [0.05, 0.1) is 6.42 Å². The molecule has 1 heterocycles. The van der Waals surface area contributed by atoms with Gasteiger partial charge in [0.15, 0.2) is 0 Å². The number of alkyl carbamates (subject to hydrolysis) is 1. The summed E-state index contributed by atoms with van der Waals surface area (Å²) in [6, 6.07) is 7.91. The number of hydrogen-bond acceptors (Lipinski definition) is 3. The Balaban J connectivity index is 1.99. The average molecular weight is 388 g/mol. The first kappa shape index (κ1) is 21.8. The fraction of sp³-hybridized carbons (Fsp3) is 0.545. The van der Waals surface area contributed by atoms with Gasteiger partial charge in [0, 0.05) is 36.7 Å². The summed E-state index contributed by atoms with van der Waals surface area (Å²) in [5.74, 6) is 0.344. The van der Waals surface area contributed by atoms with Gasteiger partial charge in [-0.25, -0.2) is 4.79 Å². The molecule has 1 atom stereocenters. The number of nitrogens with one attached hydrogen (secondary N) is 2. The van der Waals surface area contributed by atoms with Crippen molar-refractivity contribution < 1.29 is 14.3 Å². The van der Waals surface area contributed by atoms with Gasteiger partial charge in [-0.1, -0.05) is 32.0 Å². The maximum atomic E-state index is 12.7. The van der Waals surface area contributed by atoms with Crippen LogP contribution in [0.1, 0.15) is 46.6 Å². The number of carbonyl (C=O) groups excluding carboxylic acids is 2. The zero-order valence-electron chi connectivity index (χ0n) is 17.8. The molecule has 2 amide bonds. The topological polar surface area (TPSA) is 72.4 Å². The van der Waals surface area contributed by atoms with Crippen LogP contribution in [0.3, 0.4) is 0 Å². The first-order valence-electron chi connectivity index (χ1n) is 9.84. The van der Waals surface area contributed by atoms with E-state index in [9.17, 15) is 9.59 Å². The van der Waals surface area contributed by atoms with Crippen LogP contribution in [0.4, 0.5) is 4.79 Å². The Kier molecular flexibility index (Phi) is 7.11. The van der Waals surface area contributed by atoms with E-state index in [0.29, 0.717) is 18.9 Å². The maximum absolute atomic E-state index is 12.7. The first-order chi connectivity index (χ1) is 13.0. The molecule has 1 aromatic carbocycles. The van der Waals surface area contributed by atoms with Crippen molar-refractivity contribution >= 4 is 22.9 Å².